The van der Waals surface area contributed by atoms with Gasteiger partial charge in [-0.25, -0.2) is 12.8 Å². The number of nitrogens with zero attached hydrogens (tertiary/aromatic N) is 2. The van der Waals surface area contributed by atoms with Crippen molar-refractivity contribution in [1.29, 1.82) is 0 Å². The lowest BCUT2D eigenvalue weighted by molar-refractivity contribution is -0.122. The largest absolute Gasteiger partial charge is 0.495 e. The Morgan fingerprint density at radius 1 is 0.971 bits per heavy atom. The van der Waals surface area contributed by atoms with Crippen LogP contribution in [0.25, 0.3) is 0 Å². The SMILES string of the molecule is COCC(=O)N1CCCCCCCCN(S(=O)(=O)c2cc(F)ccc2OC)Cc2ccccc21. The van der Waals surface area contributed by atoms with E-state index in [1.54, 1.807) is 4.90 Å². The highest BCUT2D eigenvalue weighted by Gasteiger charge is 2.30. The number of carbonyl (C=O) groups is 1. The van der Waals surface area contributed by atoms with Crippen LogP contribution in [0.2, 0.25) is 0 Å². The van der Waals surface area contributed by atoms with E-state index in [9.17, 15) is 17.6 Å². The summed E-state index contributed by atoms with van der Waals surface area (Å²) in [6.07, 6.45) is 5.41. The number of hydrogen-bond donors (Lipinski definition) is 0. The highest BCUT2D eigenvalue weighted by molar-refractivity contribution is 7.89. The maximum absolute atomic E-state index is 14.0. The van der Waals surface area contributed by atoms with E-state index < -0.39 is 15.8 Å². The van der Waals surface area contributed by atoms with E-state index in [0.717, 1.165) is 38.2 Å². The van der Waals surface area contributed by atoms with Gasteiger partial charge in [-0.15, -0.1) is 0 Å². The van der Waals surface area contributed by atoms with E-state index in [4.69, 9.17) is 9.47 Å². The van der Waals surface area contributed by atoms with Gasteiger partial charge in [-0.3, -0.25) is 4.79 Å². The molecule has 0 atom stereocenters. The predicted octanol–water partition coefficient (Wildman–Crippen LogP) is 4.36. The first-order chi connectivity index (χ1) is 16.4. The summed E-state index contributed by atoms with van der Waals surface area (Å²) in [7, 11) is -1.24. The van der Waals surface area contributed by atoms with E-state index in [1.165, 1.54) is 30.7 Å². The Balaban J connectivity index is 2.05. The van der Waals surface area contributed by atoms with Gasteiger partial charge in [0.2, 0.25) is 10.0 Å². The topological polar surface area (TPSA) is 76.2 Å². The Labute approximate surface area is 201 Å². The van der Waals surface area contributed by atoms with Gasteiger partial charge in [0.25, 0.3) is 5.91 Å². The predicted molar refractivity (Wildman–Crippen MR) is 129 cm³/mol. The normalized spacial score (nSPS) is 16.6. The van der Waals surface area contributed by atoms with Crippen molar-refractivity contribution in [2.45, 2.75) is 50.0 Å². The van der Waals surface area contributed by atoms with Crippen LogP contribution in [0, 0.1) is 5.82 Å². The molecular weight excluding hydrogens is 459 g/mol. The molecule has 2 aromatic rings. The van der Waals surface area contributed by atoms with E-state index in [2.05, 4.69) is 0 Å². The zero-order valence-corrected chi connectivity index (χ0v) is 20.7. The molecule has 0 aliphatic carbocycles. The second-order valence-corrected chi connectivity index (χ2v) is 10.3. The number of methoxy groups -OCH3 is 2. The number of carbonyl (C=O) groups excluding carboxylic acids is 1. The van der Waals surface area contributed by atoms with Crippen molar-refractivity contribution in [2.75, 3.05) is 38.8 Å². The van der Waals surface area contributed by atoms with Gasteiger partial charge in [0, 0.05) is 32.4 Å². The fourth-order valence-electron chi connectivity index (χ4n) is 4.22. The van der Waals surface area contributed by atoms with Crippen molar-refractivity contribution in [1.82, 2.24) is 4.31 Å². The minimum atomic E-state index is -4.08. The average Bonchev–Trinajstić information content (AvgIpc) is 2.84. The quantitative estimate of drug-likeness (QED) is 0.620. The van der Waals surface area contributed by atoms with Crippen LogP contribution < -0.4 is 9.64 Å². The third-order valence-corrected chi connectivity index (χ3v) is 7.85. The van der Waals surface area contributed by atoms with Gasteiger partial charge in [-0.2, -0.15) is 4.31 Å². The number of benzene rings is 2. The Hall–Kier alpha value is -2.49. The number of para-hydroxylation sites is 1. The summed E-state index contributed by atoms with van der Waals surface area (Å²) < 4.78 is 53.2. The third-order valence-electron chi connectivity index (χ3n) is 5.98. The highest BCUT2D eigenvalue weighted by Crippen LogP contribution is 2.31. The number of amides is 1. The van der Waals surface area contributed by atoms with Crippen molar-refractivity contribution >= 4 is 21.6 Å². The Bertz CT molecular complexity index is 1080. The summed E-state index contributed by atoms with van der Waals surface area (Å²) in [5, 5.41) is 0. The first-order valence-electron chi connectivity index (χ1n) is 11.6. The molecule has 34 heavy (non-hydrogen) atoms. The number of sulfonamides is 1. The highest BCUT2D eigenvalue weighted by atomic mass is 32.2. The van der Waals surface area contributed by atoms with Crippen LogP contribution in [0.3, 0.4) is 0 Å². The van der Waals surface area contributed by atoms with Gasteiger partial charge in [0.15, 0.2) is 0 Å². The van der Waals surface area contributed by atoms with Crippen molar-refractivity contribution < 1.29 is 27.1 Å². The lowest BCUT2D eigenvalue weighted by Crippen LogP contribution is -2.37. The Morgan fingerprint density at radius 2 is 1.65 bits per heavy atom. The lowest BCUT2D eigenvalue weighted by atomic mass is 10.1. The van der Waals surface area contributed by atoms with Crippen molar-refractivity contribution in [3.8, 4) is 5.75 Å². The van der Waals surface area contributed by atoms with Gasteiger partial charge in [0.05, 0.1) is 7.11 Å². The molecule has 1 amide bonds. The molecule has 0 bridgehead atoms. The fraction of sp³-hybridized carbons (Fsp3) is 0.480. The summed E-state index contributed by atoms with van der Waals surface area (Å²) in [4.78, 5) is 14.4. The second kappa shape index (κ2) is 12.3. The summed E-state index contributed by atoms with van der Waals surface area (Å²) in [6, 6.07) is 10.8. The molecule has 9 heteroatoms. The van der Waals surface area contributed by atoms with Crippen molar-refractivity contribution in [3.63, 3.8) is 0 Å². The van der Waals surface area contributed by atoms with E-state index >= 15 is 0 Å². The number of rotatable bonds is 5. The minimum Gasteiger partial charge on any atom is -0.495 e. The van der Waals surface area contributed by atoms with Gasteiger partial charge in [-0.1, -0.05) is 43.9 Å². The minimum absolute atomic E-state index is 0.0505. The van der Waals surface area contributed by atoms with Crippen LogP contribution in [-0.4, -0.2) is 52.5 Å². The molecule has 0 saturated heterocycles. The molecule has 1 heterocycles. The summed E-state index contributed by atoms with van der Waals surface area (Å²) in [5.74, 6) is -0.734. The molecule has 1 aliphatic rings. The van der Waals surface area contributed by atoms with Crippen LogP contribution in [0.4, 0.5) is 10.1 Å². The number of ether oxygens (including phenoxy) is 2. The van der Waals surface area contributed by atoms with Gasteiger partial charge in [0.1, 0.15) is 23.1 Å². The van der Waals surface area contributed by atoms with E-state index in [1.807, 2.05) is 24.3 Å². The molecule has 7 nitrogen and oxygen atoms in total. The van der Waals surface area contributed by atoms with E-state index in [-0.39, 0.29) is 36.2 Å². The molecule has 2 aromatic carbocycles. The Kier molecular flexibility index (Phi) is 9.44. The monoisotopic (exact) mass is 492 g/mol. The molecule has 0 unspecified atom stereocenters. The molecular formula is C25H33FN2O5S. The van der Waals surface area contributed by atoms with Crippen molar-refractivity contribution in [2.24, 2.45) is 0 Å². The number of halogens is 1. The molecule has 3 rings (SSSR count). The smallest absolute Gasteiger partial charge is 0.252 e. The number of fused-ring (bicyclic) bond motifs is 1. The van der Waals surface area contributed by atoms with E-state index in [0.29, 0.717) is 24.2 Å². The standard InChI is InChI=1S/C25H33FN2O5S/c1-32-19-25(29)28-16-10-6-4-3-5-9-15-27(18-20-11-7-8-12-22(20)28)34(30,31)24-17-21(26)13-14-23(24)33-2/h7-8,11-14,17H,3-6,9-10,15-16,18-19H2,1-2H3. The molecule has 186 valence electrons. The zero-order chi connectivity index (χ0) is 24.6. The second-order valence-electron chi connectivity index (χ2n) is 8.36. The lowest BCUT2D eigenvalue weighted by Gasteiger charge is -2.28. The number of anilines is 1. The molecule has 0 N–H and O–H groups in total. The summed E-state index contributed by atoms with van der Waals surface area (Å²) in [5.41, 5.74) is 1.36. The van der Waals surface area contributed by atoms with Crippen LogP contribution in [0.5, 0.6) is 5.75 Å². The summed E-state index contributed by atoms with van der Waals surface area (Å²) in [6.45, 7) is 0.803. The third kappa shape index (κ3) is 6.34. The van der Waals surface area contributed by atoms with Crippen LogP contribution in [0.1, 0.15) is 44.1 Å². The van der Waals surface area contributed by atoms with Crippen LogP contribution in [0.15, 0.2) is 47.4 Å². The average molecular weight is 493 g/mol. The van der Waals surface area contributed by atoms with Crippen LogP contribution in [-0.2, 0) is 26.1 Å². The van der Waals surface area contributed by atoms with Crippen molar-refractivity contribution in [3.05, 3.63) is 53.8 Å². The van der Waals surface area contributed by atoms with Crippen LogP contribution >= 0.6 is 0 Å². The van der Waals surface area contributed by atoms with Gasteiger partial charge >= 0.3 is 0 Å². The Morgan fingerprint density at radius 3 is 2.35 bits per heavy atom. The maximum atomic E-state index is 14.0. The molecule has 0 radical (unpaired) electrons. The molecule has 1 aliphatic heterocycles. The molecule has 0 fully saturated rings. The zero-order valence-electron chi connectivity index (χ0n) is 19.8. The fourth-order valence-corrected chi connectivity index (χ4v) is 5.84. The first kappa shape index (κ1) is 26.1. The van der Waals surface area contributed by atoms with Gasteiger partial charge in [-0.05, 0) is 42.7 Å². The first-order valence-corrected chi connectivity index (χ1v) is 13.0. The maximum Gasteiger partial charge on any atom is 0.252 e. The molecule has 0 aromatic heterocycles. The van der Waals surface area contributed by atoms with Gasteiger partial charge < -0.3 is 14.4 Å². The molecule has 0 saturated carbocycles. The molecule has 0 spiro atoms. The summed E-state index contributed by atoms with van der Waals surface area (Å²) >= 11 is 0. The number of hydrogen-bond acceptors (Lipinski definition) is 5.